The van der Waals surface area contributed by atoms with E-state index in [-0.39, 0.29) is 0 Å². The Hall–Kier alpha value is 0.320. The monoisotopic (exact) mass is 407 g/mol. The lowest BCUT2D eigenvalue weighted by molar-refractivity contribution is 0.538. The highest BCUT2D eigenvalue weighted by atomic mass is 79.9. The molecule has 0 saturated carbocycles. The van der Waals surface area contributed by atoms with Crippen LogP contribution in [0.15, 0.2) is 31.8 Å². The first kappa shape index (κ1) is 14.7. The Bertz CT molecular complexity index is 493. The minimum absolute atomic E-state index is 0.407. The van der Waals surface area contributed by atoms with Gasteiger partial charge in [-0.05, 0) is 62.3 Å². The standard InChI is InChI=1S/C13H15Br2NS2/c1-2-4-16-12(13-11(15)3-5-17-13)7-10-6-9(14)8-18-10/h3,5-6,8,12,16H,2,4,7H2,1H3. The molecule has 18 heavy (non-hydrogen) atoms. The smallest absolute Gasteiger partial charge is 0.0475 e. The van der Waals surface area contributed by atoms with E-state index in [1.165, 1.54) is 18.7 Å². The molecule has 0 fully saturated rings. The highest BCUT2D eigenvalue weighted by Gasteiger charge is 2.16. The molecule has 0 radical (unpaired) electrons. The normalized spacial score (nSPS) is 12.8. The third-order valence-corrected chi connectivity index (χ3v) is 6.33. The molecule has 2 heterocycles. The Balaban J connectivity index is 2.12. The number of halogens is 2. The summed E-state index contributed by atoms with van der Waals surface area (Å²) in [5, 5.41) is 7.93. The van der Waals surface area contributed by atoms with Crippen LogP contribution in [0.5, 0.6) is 0 Å². The number of hydrogen-bond acceptors (Lipinski definition) is 3. The molecule has 2 rings (SSSR count). The van der Waals surface area contributed by atoms with Gasteiger partial charge in [0.15, 0.2) is 0 Å². The van der Waals surface area contributed by atoms with E-state index in [1.807, 2.05) is 22.7 Å². The Morgan fingerprint density at radius 2 is 2.17 bits per heavy atom. The van der Waals surface area contributed by atoms with Crippen LogP contribution in [0, 0.1) is 0 Å². The van der Waals surface area contributed by atoms with Gasteiger partial charge >= 0.3 is 0 Å². The maximum absolute atomic E-state index is 3.64. The summed E-state index contributed by atoms with van der Waals surface area (Å²) in [5.74, 6) is 0. The lowest BCUT2D eigenvalue weighted by atomic mass is 10.1. The third-order valence-electron chi connectivity index (χ3n) is 2.63. The fourth-order valence-corrected chi connectivity index (χ4v) is 5.02. The lowest BCUT2D eigenvalue weighted by Gasteiger charge is -2.17. The minimum Gasteiger partial charge on any atom is -0.309 e. The Morgan fingerprint density at radius 1 is 1.33 bits per heavy atom. The van der Waals surface area contributed by atoms with Gasteiger partial charge in [0.05, 0.1) is 0 Å². The van der Waals surface area contributed by atoms with Crippen LogP contribution in [-0.4, -0.2) is 6.54 Å². The van der Waals surface area contributed by atoms with E-state index in [9.17, 15) is 0 Å². The van der Waals surface area contributed by atoms with Crippen molar-refractivity contribution in [1.29, 1.82) is 0 Å². The third kappa shape index (κ3) is 3.90. The van der Waals surface area contributed by atoms with Crippen LogP contribution in [0.2, 0.25) is 0 Å². The molecule has 2 aromatic heterocycles. The van der Waals surface area contributed by atoms with Gasteiger partial charge < -0.3 is 5.32 Å². The highest BCUT2D eigenvalue weighted by Crippen LogP contribution is 2.33. The molecule has 1 unspecified atom stereocenters. The van der Waals surface area contributed by atoms with Crippen LogP contribution < -0.4 is 5.32 Å². The zero-order valence-corrected chi connectivity index (χ0v) is 14.9. The van der Waals surface area contributed by atoms with Gasteiger partial charge in [0.2, 0.25) is 0 Å². The molecule has 98 valence electrons. The molecule has 0 aliphatic carbocycles. The van der Waals surface area contributed by atoms with Gasteiger partial charge in [-0.1, -0.05) is 6.92 Å². The number of nitrogens with one attached hydrogen (secondary N) is 1. The molecule has 1 atom stereocenters. The van der Waals surface area contributed by atoms with Gasteiger partial charge in [-0.3, -0.25) is 0 Å². The van der Waals surface area contributed by atoms with Crippen molar-refractivity contribution in [2.45, 2.75) is 25.8 Å². The molecule has 0 aliphatic heterocycles. The van der Waals surface area contributed by atoms with E-state index < -0.39 is 0 Å². The molecule has 0 saturated heterocycles. The van der Waals surface area contributed by atoms with Gasteiger partial charge in [0.1, 0.15) is 0 Å². The van der Waals surface area contributed by atoms with Crippen molar-refractivity contribution in [3.8, 4) is 0 Å². The summed E-state index contributed by atoms with van der Waals surface area (Å²) in [4.78, 5) is 2.81. The van der Waals surface area contributed by atoms with Crippen molar-refractivity contribution < 1.29 is 0 Å². The Labute approximate surface area is 133 Å². The summed E-state index contributed by atoms with van der Waals surface area (Å²) in [6, 6.07) is 4.75. The number of thiophene rings is 2. The first-order valence-corrected chi connectivity index (χ1v) is 9.24. The minimum atomic E-state index is 0.407. The van der Waals surface area contributed by atoms with Crippen molar-refractivity contribution in [3.63, 3.8) is 0 Å². The summed E-state index contributed by atoms with van der Waals surface area (Å²) in [6.45, 7) is 3.26. The molecule has 0 aliphatic rings. The fraction of sp³-hybridized carbons (Fsp3) is 0.385. The van der Waals surface area contributed by atoms with Crippen molar-refractivity contribution >= 4 is 54.5 Å². The molecule has 0 amide bonds. The van der Waals surface area contributed by atoms with Gasteiger partial charge in [-0.15, -0.1) is 22.7 Å². The Kier molecular flexibility index (Phi) is 5.89. The van der Waals surface area contributed by atoms with Gasteiger partial charge in [-0.25, -0.2) is 0 Å². The van der Waals surface area contributed by atoms with E-state index in [0.29, 0.717) is 6.04 Å². The summed E-state index contributed by atoms with van der Waals surface area (Å²) in [6.07, 6.45) is 2.21. The van der Waals surface area contributed by atoms with Gasteiger partial charge in [0, 0.05) is 36.5 Å². The van der Waals surface area contributed by atoms with Gasteiger partial charge in [0.25, 0.3) is 0 Å². The first-order chi connectivity index (χ1) is 8.70. The number of hydrogen-bond donors (Lipinski definition) is 1. The molecule has 2 aromatic rings. The van der Waals surface area contributed by atoms with Crippen molar-refractivity contribution in [2.75, 3.05) is 6.54 Å². The average Bonchev–Trinajstić information content (AvgIpc) is 2.93. The van der Waals surface area contributed by atoms with Crippen LogP contribution in [-0.2, 0) is 6.42 Å². The second-order valence-electron chi connectivity index (χ2n) is 4.07. The van der Waals surface area contributed by atoms with E-state index in [4.69, 9.17) is 0 Å². The van der Waals surface area contributed by atoms with E-state index in [2.05, 4.69) is 67.0 Å². The predicted molar refractivity (Wildman–Crippen MR) is 88.8 cm³/mol. The summed E-state index contributed by atoms with van der Waals surface area (Å²) in [7, 11) is 0. The Morgan fingerprint density at radius 3 is 2.72 bits per heavy atom. The SMILES string of the molecule is CCCNC(Cc1cc(Br)cs1)c1sccc1Br. The van der Waals surface area contributed by atoms with Crippen LogP contribution in [0.1, 0.15) is 29.1 Å². The molecule has 0 spiro atoms. The average molecular weight is 409 g/mol. The molecule has 0 bridgehead atoms. The number of rotatable bonds is 6. The van der Waals surface area contributed by atoms with Crippen LogP contribution in [0.4, 0.5) is 0 Å². The molecular weight excluding hydrogens is 394 g/mol. The topological polar surface area (TPSA) is 12.0 Å². The predicted octanol–water partition coefficient (Wildman–Crippen LogP) is 5.62. The quantitative estimate of drug-likeness (QED) is 0.654. The van der Waals surface area contributed by atoms with E-state index in [1.54, 1.807) is 0 Å². The second-order valence-corrected chi connectivity index (χ2v) is 7.79. The maximum atomic E-state index is 3.64. The zero-order valence-electron chi connectivity index (χ0n) is 10.1. The molecular formula is C13H15Br2NS2. The largest absolute Gasteiger partial charge is 0.309 e. The molecule has 1 N–H and O–H groups in total. The molecule has 5 heteroatoms. The molecule has 0 aromatic carbocycles. The van der Waals surface area contributed by atoms with Crippen LogP contribution in [0.25, 0.3) is 0 Å². The fourth-order valence-electron chi connectivity index (χ4n) is 1.79. The second kappa shape index (κ2) is 7.20. The zero-order chi connectivity index (χ0) is 13.0. The van der Waals surface area contributed by atoms with E-state index in [0.717, 1.165) is 19.4 Å². The van der Waals surface area contributed by atoms with Crippen LogP contribution in [0.3, 0.4) is 0 Å². The van der Waals surface area contributed by atoms with E-state index >= 15 is 0 Å². The summed E-state index contributed by atoms with van der Waals surface area (Å²) < 4.78 is 2.40. The molecule has 1 nitrogen and oxygen atoms in total. The lowest BCUT2D eigenvalue weighted by Crippen LogP contribution is -2.23. The first-order valence-electron chi connectivity index (χ1n) is 5.90. The summed E-state index contributed by atoms with van der Waals surface area (Å²) >= 11 is 10.8. The van der Waals surface area contributed by atoms with Crippen molar-refractivity contribution in [3.05, 3.63) is 41.6 Å². The highest BCUT2D eigenvalue weighted by molar-refractivity contribution is 9.10. The van der Waals surface area contributed by atoms with Crippen molar-refractivity contribution in [2.24, 2.45) is 0 Å². The maximum Gasteiger partial charge on any atom is 0.0475 e. The van der Waals surface area contributed by atoms with Crippen LogP contribution >= 0.6 is 54.5 Å². The van der Waals surface area contributed by atoms with Gasteiger partial charge in [-0.2, -0.15) is 0 Å². The summed E-state index contributed by atoms with van der Waals surface area (Å²) in [5.41, 5.74) is 0. The van der Waals surface area contributed by atoms with Crippen molar-refractivity contribution in [1.82, 2.24) is 5.32 Å².